The van der Waals surface area contributed by atoms with Crippen molar-refractivity contribution in [1.29, 1.82) is 0 Å². The van der Waals surface area contributed by atoms with E-state index in [1.165, 1.54) is 0 Å². The van der Waals surface area contributed by atoms with Crippen molar-refractivity contribution < 1.29 is 14.3 Å². The van der Waals surface area contributed by atoms with Gasteiger partial charge in [-0.25, -0.2) is 5.43 Å². The number of carbonyl (C=O) groups excluding carboxylic acids is 1. The van der Waals surface area contributed by atoms with E-state index in [9.17, 15) is 4.79 Å². The van der Waals surface area contributed by atoms with E-state index in [1.807, 2.05) is 49.4 Å². The number of pyridine rings is 1. The fraction of sp³-hybridized carbons (Fsp3) is 0.136. The molecule has 0 aliphatic rings. The molecule has 2 aromatic carbocycles. The van der Waals surface area contributed by atoms with E-state index >= 15 is 0 Å². The van der Waals surface area contributed by atoms with Crippen LogP contribution in [0.2, 0.25) is 5.02 Å². The molecular weight excluding hydrogens is 390 g/mol. The lowest BCUT2D eigenvalue weighted by molar-refractivity contribution is 0.0955. The van der Waals surface area contributed by atoms with Crippen LogP contribution >= 0.6 is 11.6 Å². The van der Waals surface area contributed by atoms with Crippen molar-refractivity contribution in [3.8, 4) is 11.5 Å². The second-order valence-corrected chi connectivity index (χ2v) is 6.52. The standard InChI is InChI=1S/C22H20ClN3O3/c1-16-13-20(5-6-21(16)23)29-12-11-28-19-4-2-3-17(14-19)15-25-26-22(27)18-7-9-24-10-8-18/h2-10,13-15H,11-12H2,1H3,(H,26,27)/b25-15+. The number of rotatable bonds is 8. The lowest BCUT2D eigenvalue weighted by atomic mass is 10.2. The molecule has 3 rings (SSSR count). The van der Waals surface area contributed by atoms with Gasteiger partial charge in [-0.3, -0.25) is 9.78 Å². The molecule has 1 heterocycles. The minimum atomic E-state index is -0.300. The molecule has 1 N–H and O–H groups in total. The van der Waals surface area contributed by atoms with Crippen molar-refractivity contribution in [2.45, 2.75) is 6.92 Å². The van der Waals surface area contributed by atoms with E-state index in [2.05, 4.69) is 15.5 Å². The molecule has 0 bridgehead atoms. The number of aryl methyl sites for hydroxylation is 1. The third-order valence-electron chi connectivity index (χ3n) is 3.93. The first-order chi connectivity index (χ1) is 14.1. The van der Waals surface area contributed by atoms with Crippen molar-refractivity contribution in [2.24, 2.45) is 5.10 Å². The number of amides is 1. The summed E-state index contributed by atoms with van der Waals surface area (Å²) >= 11 is 6.00. The summed E-state index contributed by atoms with van der Waals surface area (Å²) in [7, 11) is 0. The normalized spacial score (nSPS) is 10.7. The summed E-state index contributed by atoms with van der Waals surface area (Å²) in [6.45, 7) is 2.72. The van der Waals surface area contributed by atoms with Gasteiger partial charge in [0.15, 0.2) is 0 Å². The first kappa shape index (κ1) is 20.4. The molecule has 0 saturated heterocycles. The minimum Gasteiger partial charge on any atom is -0.490 e. The molecule has 0 radical (unpaired) electrons. The smallest absolute Gasteiger partial charge is 0.271 e. The average molecular weight is 410 g/mol. The van der Waals surface area contributed by atoms with Gasteiger partial charge in [-0.05, 0) is 60.5 Å². The van der Waals surface area contributed by atoms with Gasteiger partial charge in [0.2, 0.25) is 0 Å². The lowest BCUT2D eigenvalue weighted by Crippen LogP contribution is -2.17. The van der Waals surface area contributed by atoms with Crippen LogP contribution in [0, 0.1) is 6.92 Å². The predicted molar refractivity (Wildman–Crippen MR) is 113 cm³/mol. The number of aromatic nitrogens is 1. The highest BCUT2D eigenvalue weighted by molar-refractivity contribution is 6.31. The van der Waals surface area contributed by atoms with E-state index in [1.54, 1.807) is 30.7 Å². The Morgan fingerprint density at radius 3 is 2.52 bits per heavy atom. The van der Waals surface area contributed by atoms with Gasteiger partial charge >= 0.3 is 0 Å². The van der Waals surface area contributed by atoms with Gasteiger partial charge in [0.25, 0.3) is 5.91 Å². The maximum Gasteiger partial charge on any atom is 0.271 e. The van der Waals surface area contributed by atoms with Crippen LogP contribution in [-0.4, -0.2) is 30.3 Å². The largest absolute Gasteiger partial charge is 0.490 e. The van der Waals surface area contributed by atoms with Gasteiger partial charge in [0, 0.05) is 23.0 Å². The highest BCUT2D eigenvalue weighted by Crippen LogP contribution is 2.21. The van der Waals surface area contributed by atoms with Crippen LogP contribution in [-0.2, 0) is 0 Å². The van der Waals surface area contributed by atoms with E-state index in [0.717, 1.165) is 16.9 Å². The molecule has 0 atom stereocenters. The van der Waals surface area contributed by atoms with Crippen molar-refractivity contribution >= 4 is 23.7 Å². The lowest BCUT2D eigenvalue weighted by Gasteiger charge is -2.09. The predicted octanol–water partition coefficient (Wildman–Crippen LogP) is 4.27. The number of nitrogens with one attached hydrogen (secondary N) is 1. The molecule has 7 heteroatoms. The van der Waals surface area contributed by atoms with Crippen LogP contribution in [0.15, 0.2) is 72.1 Å². The van der Waals surface area contributed by atoms with E-state index in [4.69, 9.17) is 21.1 Å². The molecule has 0 saturated carbocycles. The van der Waals surface area contributed by atoms with Crippen LogP contribution in [0.4, 0.5) is 0 Å². The molecule has 29 heavy (non-hydrogen) atoms. The monoisotopic (exact) mass is 409 g/mol. The van der Waals surface area contributed by atoms with Crippen LogP contribution in [0.25, 0.3) is 0 Å². The quantitative estimate of drug-likeness (QED) is 0.342. The third-order valence-corrected chi connectivity index (χ3v) is 4.35. The molecule has 0 unspecified atom stereocenters. The SMILES string of the molecule is Cc1cc(OCCOc2cccc(/C=N/NC(=O)c3ccncc3)c2)ccc1Cl. The zero-order valence-corrected chi connectivity index (χ0v) is 16.6. The topological polar surface area (TPSA) is 72.8 Å². The number of hydrogen-bond acceptors (Lipinski definition) is 5. The number of nitrogens with zero attached hydrogens (tertiary/aromatic N) is 2. The molecule has 0 spiro atoms. The second-order valence-electron chi connectivity index (χ2n) is 6.12. The average Bonchev–Trinajstić information content (AvgIpc) is 2.74. The molecule has 1 amide bonds. The molecule has 6 nitrogen and oxygen atoms in total. The van der Waals surface area contributed by atoms with Gasteiger partial charge in [-0.2, -0.15) is 5.10 Å². The first-order valence-electron chi connectivity index (χ1n) is 8.97. The van der Waals surface area contributed by atoms with Gasteiger partial charge in [0.1, 0.15) is 24.7 Å². The molecule has 0 aliphatic heterocycles. The number of ether oxygens (including phenoxy) is 2. The Hall–Kier alpha value is -3.38. The zero-order chi connectivity index (χ0) is 20.5. The number of hydrazone groups is 1. The number of carbonyl (C=O) groups is 1. The summed E-state index contributed by atoms with van der Waals surface area (Å²) in [4.78, 5) is 15.8. The first-order valence-corrected chi connectivity index (χ1v) is 9.35. The second kappa shape index (κ2) is 10.2. The Bertz CT molecular complexity index is 994. The molecule has 0 fully saturated rings. The highest BCUT2D eigenvalue weighted by atomic mass is 35.5. The summed E-state index contributed by atoms with van der Waals surface area (Å²) in [5.74, 6) is 1.14. The number of benzene rings is 2. The maximum absolute atomic E-state index is 11.9. The van der Waals surface area contributed by atoms with Crippen molar-refractivity contribution in [2.75, 3.05) is 13.2 Å². The Morgan fingerprint density at radius 2 is 1.79 bits per heavy atom. The van der Waals surface area contributed by atoms with Gasteiger partial charge in [-0.1, -0.05) is 23.7 Å². The minimum absolute atomic E-state index is 0.300. The summed E-state index contributed by atoms with van der Waals surface area (Å²) in [6.07, 6.45) is 4.66. The molecule has 3 aromatic rings. The molecular formula is C22H20ClN3O3. The van der Waals surface area contributed by atoms with Crippen molar-refractivity contribution in [3.05, 3.63) is 88.7 Å². The molecule has 148 valence electrons. The molecule has 0 aliphatic carbocycles. The Balaban J connectivity index is 1.46. The molecule has 1 aromatic heterocycles. The van der Waals surface area contributed by atoms with Crippen LogP contribution in [0.1, 0.15) is 21.5 Å². The van der Waals surface area contributed by atoms with E-state index < -0.39 is 0 Å². The Labute approximate surface area is 174 Å². The number of halogens is 1. The maximum atomic E-state index is 11.9. The number of hydrogen-bond donors (Lipinski definition) is 1. The summed E-state index contributed by atoms with van der Waals surface area (Å²) < 4.78 is 11.4. The van der Waals surface area contributed by atoms with E-state index in [0.29, 0.717) is 29.5 Å². The van der Waals surface area contributed by atoms with Gasteiger partial charge in [-0.15, -0.1) is 0 Å². The zero-order valence-electron chi connectivity index (χ0n) is 15.8. The van der Waals surface area contributed by atoms with Crippen LogP contribution in [0.5, 0.6) is 11.5 Å². The Kier molecular flexibility index (Phi) is 7.19. The van der Waals surface area contributed by atoms with Crippen LogP contribution < -0.4 is 14.9 Å². The fourth-order valence-electron chi connectivity index (χ4n) is 2.44. The van der Waals surface area contributed by atoms with Crippen molar-refractivity contribution in [1.82, 2.24) is 10.4 Å². The van der Waals surface area contributed by atoms with Gasteiger partial charge in [0.05, 0.1) is 6.21 Å². The summed E-state index contributed by atoms with van der Waals surface area (Å²) in [5.41, 5.74) is 4.73. The van der Waals surface area contributed by atoms with Crippen LogP contribution in [0.3, 0.4) is 0 Å². The summed E-state index contributed by atoms with van der Waals surface area (Å²) in [6, 6.07) is 16.1. The fourth-order valence-corrected chi connectivity index (χ4v) is 2.56. The third kappa shape index (κ3) is 6.33. The highest BCUT2D eigenvalue weighted by Gasteiger charge is 2.02. The van der Waals surface area contributed by atoms with Crippen molar-refractivity contribution in [3.63, 3.8) is 0 Å². The van der Waals surface area contributed by atoms with Gasteiger partial charge < -0.3 is 9.47 Å². The van der Waals surface area contributed by atoms with E-state index in [-0.39, 0.29) is 5.91 Å². The summed E-state index contributed by atoms with van der Waals surface area (Å²) in [5, 5.41) is 4.69. The Morgan fingerprint density at radius 1 is 1.07 bits per heavy atom.